The molecule has 0 aromatic carbocycles. The number of hydrogen-bond donors (Lipinski definition) is 1. The van der Waals surface area contributed by atoms with Gasteiger partial charge in [-0.2, -0.15) is 0 Å². The summed E-state index contributed by atoms with van der Waals surface area (Å²) in [4.78, 5) is 4.31. The van der Waals surface area contributed by atoms with Crippen LogP contribution in [0.1, 0.15) is 34.1 Å². The maximum atomic E-state index is 4.31. The number of aryl methyl sites for hydroxylation is 1. The molecule has 1 unspecified atom stereocenters. The molecule has 1 N–H and O–H groups in total. The molecule has 0 saturated heterocycles. The lowest BCUT2D eigenvalue weighted by Gasteiger charge is -2.21. The smallest absolute Gasteiger partial charge is 0.202 e. The number of anilines is 1. The fourth-order valence-electron chi connectivity index (χ4n) is 1.61. The zero-order valence-corrected chi connectivity index (χ0v) is 9.62. The van der Waals surface area contributed by atoms with E-state index in [1.54, 1.807) is 0 Å². The van der Waals surface area contributed by atoms with Gasteiger partial charge in [-0.3, -0.25) is 0 Å². The molecule has 3 nitrogen and oxygen atoms in total. The van der Waals surface area contributed by atoms with Crippen LogP contribution in [0, 0.1) is 5.92 Å². The Morgan fingerprint density at radius 1 is 1.43 bits per heavy atom. The third kappa shape index (κ3) is 2.50. The summed E-state index contributed by atoms with van der Waals surface area (Å²) in [5.41, 5.74) is 0. The molecule has 0 spiro atoms. The molecular weight excluding hydrogens is 174 g/mol. The second-order valence-electron chi connectivity index (χ2n) is 3.94. The zero-order valence-electron chi connectivity index (χ0n) is 9.62. The van der Waals surface area contributed by atoms with E-state index in [1.807, 2.05) is 12.4 Å². The van der Waals surface area contributed by atoms with E-state index in [-0.39, 0.29) is 0 Å². The number of imidazole rings is 1. The van der Waals surface area contributed by atoms with Gasteiger partial charge in [-0.25, -0.2) is 4.98 Å². The van der Waals surface area contributed by atoms with Crippen molar-refractivity contribution in [3.8, 4) is 0 Å². The highest BCUT2D eigenvalue weighted by Gasteiger charge is 2.12. The fourth-order valence-corrected chi connectivity index (χ4v) is 1.61. The number of rotatable bonds is 5. The average molecular weight is 195 g/mol. The normalized spacial score (nSPS) is 13.2. The highest BCUT2D eigenvalue weighted by Crippen LogP contribution is 2.13. The molecule has 0 aliphatic heterocycles. The van der Waals surface area contributed by atoms with Crippen molar-refractivity contribution in [3.63, 3.8) is 0 Å². The van der Waals surface area contributed by atoms with E-state index in [0.717, 1.165) is 18.9 Å². The molecule has 1 aromatic heterocycles. The third-order valence-electron chi connectivity index (χ3n) is 2.62. The molecule has 1 heterocycles. The Morgan fingerprint density at radius 2 is 2.14 bits per heavy atom. The van der Waals surface area contributed by atoms with Gasteiger partial charge in [0.25, 0.3) is 0 Å². The number of hydrogen-bond acceptors (Lipinski definition) is 2. The van der Waals surface area contributed by atoms with E-state index in [1.165, 1.54) is 0 Å². The first kappa shape index (κ1) is 11.1. The highest BCUT2D eigenvalue weighted by atomic mass is 15.2. The SMILES string of the molecule is CCC(Nc1nccn1CC)C(C)C. The van der Waals surface area contributed by atoms with E-state index in [9.17, 15) is 0 Å². The van der Waals surface area contributed by atoms with Crippen molar-refractivity contribution in [2.45, 2.75) is 46.7 Å². The van der Waals surface area contributed by atoms with Crippen molar-refractivity contribution in [2.75, 3.05) is 5.32 Å². The lowest BCUT2D eigenvalue weighted by molar-refractivity contribution is 0.505. The molecule has 0 aliphatic rings. The maximum Gasteiger partial charge on any atom is 0.202 e. The predicted octanol–water partition coefficient (Wildman–Crippen LogP) is 2.75. The molecule has 1 rings (SSSR count). The molecule has 3 heteroatoms. The highest BCUT2D eigenvalue weighted by molar-refractivity contribution is 5.27. The van der Waals surface area contributed by atoms with Crippen LogP contribution in [0.4, 0.5) is 5.95 Å². The zero-order chi connectivity index (χ0) is 10.6. The van der Waals surface area contributed by atoms with Gasteiger partial charge in [0.2, 0.25) is 5.95 Å². The van der Waals surface area contributed by atoms with E-state index >= 15 is 0 Å². The van der Waals surface area contributed by atoms with Crippen LogP contribution in [0.3, 0.4) is 0 Å². The summed E-state index contributed by atoms with van der Waals surface area (Å²) in [6, 6.07) is 0.516. The average Bonchev–Trinajstić information content (AvgIpc) is 2.60. The quantitative estimate of drug-likeness (QED) is 0.783. The van der Waals surface area contributed by atoms with Gasteiger partial charge in [0.1, 0.15) is 0 Å². The Labute approximate surface area is 86.5 Å². The number of nitrogens with one attached hydrogen (secondary N) is 1. The molecule has 1 atom stereocenters. The Morgan fingerprint density at radius 3 is 2.64 bits per heavy atom. The molecule has 0 bridgehead atoms. The molecular formula is C11H21N3. The van der Waals surface area contributed by atoms with E-state index in [4.69, 9.17) is 0 Å². The molecule has 0 saturated carbocycles. The minimum Gasteiger partial charge on any atom is -0.353 e. The van der Waals surface area contributed by atoms with E-state index in [2.05, 4.69) is 42.6 Å². The van der Waals surface area contributed by atoms with Crippen LogP contribution in [-0.2, 0) is 6.54 Å². The van der Waals surface area contributed by atoms with Crippen molar-refractivity contribution in [1.29, 1.82) is 0 Å². The van der Waals surface area contributed by atoms with Crippen molar-refractivity contribution in [2.24, 2.45) is 5.92 Å². The molecule has 0 aliphatic carbocycles. The van der Waals surface area contributed by atoms with E-state index < -0.39 is 0 Å². The summed E-state index contributed by atoms with van der Waals surface area (Å²) in [6.45, 7) is 9.78. The van der Waals surface area contributed by atoms with Crippen LogP contribution in [-0.4, -0.2) is 15.6 Å². The molecule has 0 fully saturated rings. The van der Waals surface area contributed by atoms with Gasteiger partial charge in [-0.05, 0) is 19.3 Å². The standard InChI is InChI=1S/C11H21N3/c1-5-10(9(3)4)13-11-12-7-8-14(11)6-2/h7-10H,5-6H2,1-4H3,(H,12,13). The van der Waals surface area contributed by atoms with Gasteiger partial charge in [0, 0.05) is 25.0 Å². The first-order chi connectivity index (χ1) is 6.69. The van der Waals surface area contributed by atoms with Crippen LogP contribution in [0.5, 0.6) is 0 Å². The second-order valence-corrected chi connectivity index (χ2v) is 3.94. The topological polar surface area (TPSA) is 29.9 Å². The van der Waals surface area contributed by atoms with Crippen molar-refractivity contribution < 1.29 is 0 Å². The molecule has 1 aromatic rings. The Bertz CT molecular complexity index is 265. The molecule has 14 heavy (non-hydrogen) atoms. The third-order valence-corrected chi connectivity index (χ3v) is 2.62. The number of aromatic nitrogens is 2. The number of nitrogens with zero attached hydrogens (tertiary/aromatic N) is 2. The minimum absolute atomic E-state index is 0.516. The van der Waals surface area contributed by atoms with Gasteiger partial charge in [0.15, 0.2) is 0 Å². The first-order valence-electron chi connectivity index (χ1n) is 5.46. The van der Waals surface area contributed by atoms with E-state index in [0.29, 0.717) is 12.0 Å². The van der Waals surface area contributed by atoms with Gasteiger partial charge in [-0.1, -0.05) is 20.8 Å². The molecule has 0 amide bonds. The maximum absolute atomic E-state index is 4.31. The lowest BCUT2D eigenvalue weighted by Crippen LogP contribution is -2.26. The Balaban J connectivity index is 2.66. The van der Waals surface area contributed by atoms with Crippen LogP contribution >= 0.6 is 0 Å². The predicted molar refractivity (Wildman–Crippen MR) is 60.4 cm³/mol. The van der Waals surface area contributed by atoms with Crippen molar-refractivity contribution in [1.82, 2.24) is 9.55 Å². The van der Waals surface area contributed by atoms with Gasteiger partial charge in [-0.15, -0.1) is 0 Å². The van der Waals surface area contributed by atoms with Crippen LogP contribution in [0.25, 0.3) is 0 Å². The summed E-state index contributed by atoms with van der Waals surface area (Å²) in [5.74, 6) is 1.63. The summed E-state index contributed by atoms with van der Waals surface area (Å²) < 4.78 is 2.13. The molecule has 80 valence electrons. The lowest BCUT2D eigenvalue weighted by atomic mass is 10.0. The van der Waals surface area contributed by atoms with Gasteiger partial charge >= 0.3 is 0 Å². The van der Waals surface area contributed by atoms with Crippen LogP contribution in [0.15, 0.2) is 12.4 Å². The monoisotopic (exact) mass is 195 g/mol. The van der Waals surface area contributed by atoms with Gasteiger partial charge in [0.05, 0.1) is 0 Å². The van der Waals surface area contributed by atoms with Crippen molar-refractivity contribution in [3.05, 3.63) is 12.4 Å². The summed E-state index contributed by atoms with van der Waals surface area (Å²) in [7, 11) is 0. The van der Waals surface area contributed by atoms with Crippen LogP contribution < -0.4 is 5.32 Å². The first-order valence-corrected chi connectivity index (χ1v) is 5.46. The van der Waals surface area contributed by atoms with Gasteiger partial charge < -0.3 is 9.88 Å². The minimum atomic E-state index is 0.516. The Hall–Kier alpha value is -0.990. The van der Waals surface area contributed by atoms with Crippen molar-refractivity contribution >= 4 is 5.95 Å². The second kappa shape index (κ2) is 5.03. The largest absolute Gasteiger partial charge is 0.353 e. The van der Waals surface area contributed by atoms with Crippen LogP contribution in [0.2, 0.25) is 0 Å². The Kier molecular flexibility index (Phi) is 3.98. The summed E-state index contributed by atoms with van der Waals surface area (Å²) in [5, 5.41) is 3.48. The fraction of sp³-hybridized carbons (Fsp3) is 0.727. The summed E-state index contributed by atoms with van der Waals surface area (Å²) >= 11 is 0. The summed E-state index contributed by atoms with van der Waals surface area (Å²) in [6.07, 6.45) is 4.99. The molecule has 0 radical (unpaired) electrons.